The number of aliphatic hydroxyl groups is 1. The molecule has 0 aliphatic heterocycles. The molecule has 0 radical (unpaired) electrons. The van der Waals surface area contributed by atoms with Crippen LogP contribution in [0.3, 0.4) is 0 Å². The predicted octanol–water partition coefficient (Wildman–Crippen LogP) is 4.51. The van der Waals surface area contributed by atoms with Gasteiger partial charge in [0.05, 0.1) is 6.10 Å². The number of benzene rings is 1. The molecule has 1 unspecified atom stereocenters. The lowest BCUT2D eigenvalue weighted by atomic mass is 9.92. The van der Waals surface area contributed by atoms with Crippen molar-refractivity contribution in [3.8, 4) is 0 Å². The second kappa shape index (κ2) is 5.82. The molecule has 1 aromatic carbocycles. The molecular weight excluding hydrogens is 305 g/mol. The smallest absolute Gasteiger partial charge is 0.388 e. The minimum atomic E-state index is -6.16. The molecule has 1 rings (SSSR count). The molecule has 0 heterocycles. The van der Waals surface area contributed by atoms with E-state index in [-0.39, 0.29) is 5.56 Å². The number of aliphatic hydroxyl groups excluding tert-OH is 1. The van der Waals surface area contributed by atoms with Gasteiger partial charge in [0.25, 0.3) is 0 Å². The van der Waals surface area contributed by atoms with E-state index in [0.29, 0.717) is 12.0 Å². The van der Waals surface area contributed by atoms with Gasteiger partial charge in [-0.2, -0.15) is 26.3 Å². The molecule has 1 nitrogen and oxygen atoms in total. The van der Waals surface area contributed by atoms with Crippen LogP contribution in [-0.4, -0.2) is 23.1 Å². The number of hydrogen-bond acceptors (Lipinski definition) is 1. The Labute approximate surface area is 116 Å². The normalized spacial score (nSPS) is 15.1. The molecule has 0 fully saturated rings. The Kier molecular flexibility index (Phi) is 4.92. The Balaban J connectivity index is 3.09. The van der Waals surface area contributed by atoms with E-state index in [1.54, 1.807) is 13.0 Å². The van der Waals surface area contributed by atoms with E-state index in [4.69, 9.17) is 0 Å². The number of hydrogen-bond donors (Lipinski definition) is 1. The summed E-state index contributed by atoms with van der Waals surface area (Å²) >= 11 is 0. The van der Waals surface area contributed by atoms with E-state index in [1.807, 2.05) is 0 Å². The monoisotopic (exact) mass is 318 g/mol. The number of alkyl halides is 7. The maximum absolute atomic E-state index is 13.5. The Morgan fingerprint density at radius 1 is 1.00 bits per heavy atom. The van der Waals surface area contributed by atoms with E-state index in [9.17, 15) is 35.8 Å². The van der Waals surface area contributed by atoms with Gasteiger partial charge in [-0.25, -0.2) is 4.39 Å². The highest BCUT2D eigenvalue weighted by atomic mass is 19.4. The van der Waals surface area contributed by atoms with Gasteiger partial charge in [-0.1, -0.05) is 31.2 Å². The largest absolute Gasteiger partial charge is 0.431 e. The van der Waals surface area contributed by atoms with Crippen LogP contribution < -0.4 is 0 Å². The van der Waals surface area contributed by atoms with Gasteiger partial charge >= 0.3 is 18.0 Å². The third-order valence-electron chi connectivity index (χ3n) is 3.12. The van der Waals surface area contributed by atoms with Crippen LogP contribution in [0.4, 0.5) is 30.7 Å². The van der Waals surface area contributed by atoms with Crippen LogP contribution >= 0.6 is 0 Å². The Hall–Kier alpha value is -1.31. The Morgan fingerprint density at radius 3 is 1.95 bits per heavy atom. The van der Waals surface area contributed by atoms with Crippen molar-refractivity contribution >= 4 is 0 Å². The van der Waals surface area contributed by atoms with Crippen LogP contribution in [-0.2, 0) is 6.42 Å². The van der Waals surface area contributed by atoms with Gasteiger partial charge in [0, 0.05) is 6.42 Å². The summed E-state index contributed by atoms with van der Waals surface area (Å²) in [6.07, 6.45) is -16.2. The first-order chi connectivity index (χ1) is 9.42. The number of rotatable bonds is 4. The molecule has 0 bridgehead atoms. The highest BCUT2D eigenvalue weighted by molar-refractivity contribution is 5.25. The summed E-state index contributed by atoms with van der Waals surface area (Å²) in [5.74, 6) is 0. The first-order valence-electron chi connectivity index (χ1n) is 6.01. The van der Waals surface area contributed by atoms with Gasteiger partial charge in [0.2, 0.25) is 0 Å². The van der Waals surface area contributed by atoms with Crippen molar-refractivity contribution < 1.29 is 35.8 Å². The van der Waals surface area contributed by atoms with Gasteiger partial charge in [-0.05, 0) is 17.5 Å². The van der Waals surface area contributed by atoms with E-state index in [2.05, 4.69) is 0 Å². The maximum Gasteiger partial charge on any atom is 0.431 e. The summed E-state index contributed by atoms with van der Waals surface area (Å²) in [4.78, 5) is 0. The fourth-order valence-corrected chi connectivity index (χ4v) is 1.80. The lowest BCUT2D eigenvalue weighted by Gasteiger charge is -2.31. The van der Waals surface area contributed by atoms with Gasteiger partial charge in [-0.3, -0.25) is 0 Å². The Morgan fingerprint density at radius 2 is 1.52 bits per heavy atom. The SMILES string of the molecule is CCc1cccc(C(O)CC(F)(C(F)(F)F)C(F)(F)F)c1. The van der Waals surface area contributed by atoms with Crippen molar-refractivity contribution in [1.82, 2.24) is 0 Å². The second-order valence-corrected chi connectivity index (χ2v) is 4.62. The molecule has 1 N–H and O–H groups in total. The molecule has 0 aromatic heterocycles. The predicted molar refractivity (Wildman–Crippen MR) is 61.3 cm³/mol. The highest BCUT2D eigenvalue weighted by Crippen LogP contribution is 2.50. The number of halogens is 7. The van der Waals surface area contributed by atoms with Crippen molar-refractivity contribution in [2.45, 2.75) is 43.9 Å². The van der Waals surface area contributed by atoms with Crippen molar-refractivity contribution in [2.75, 3.05) is 0 Å². The molecule has 21 heavy (non-hydrogen) atoms. The molecule has 0 aliphatic carbocycles. The average Bonchev–Trinajstić information content (AvgIpc) is 2.36. The summed E-state index contributed by atoms with van der Waals surface area (Å²) in [5, 5.41) is 9.56. The van der Waals surface area contributed by atoms with Crippen molar-refractivity contribution in [1.29, 1.82) is 0 Å². The minimum absolute atomic E-state index is 0.190. The van der Waals surface area contributed by atoms with E-state index < -0.39 is 30.5 Å². The second-order valence-electron chi connectivity index (χ2n) is 4.62. The third kappa shape index (κ3) is 3.66. The van der Waals surface area contributed by atoms with Crippen molar-refractivity contribution in [3.05, 3.63) is 35.4 Å². The highest BCUT2D eigenvalue weighted by Gasteiger charge is 2.72. The standard InChI is InChI=1S/C13H13F7O/c1-2-8-4-3-5-9(6-8)10(21)7-11(14,12(15,16)17)13(18,19)20/h3-6,10,21H,2,7H2,1H3. The first kappa shape index (κ1) is 17.7. The van der Waals surface area contributed by atoms with Crippen LogP contribution in [0, 0.1) is 0 Å². The third-order valence-corrected chi connectivity index (χ3v) is 3.12. The fourth-order valence-electron chi connectivity index (χ4n) is 1.80. The van der Waals surface area contributed by atoms with Gasteiger partial charge in [0.1, 0.15) is 0 Å². The molecule has 0 aliphatic rings. The quantitative estimate of drug-likeness (QED) is 0.810. The zero-order valence-corrected chi connectivity index (χ0v) is 10.9. The average molecular weight is 318 g/mol. The minimum Gasteiger partial charge on any atom is -0.388 e. The lowest BCUT2D eigenvalue weighted by Crippen LogP contribution is -2.54. The zero-order chi connectivity index (χ0) is 16.5. The summed E-state index contributed by atoms with van der Waals surface area (Å²) in [5.41, 5.74) is -5.04. The molecular formula is C13H13F7O. The van der Waals surface area contributed by atoms with E-state index in [1.165, 1.54) is 12.1 Å². The summed E-state index contributed by atoms with van der Waals surface area (Å²) < 4.78 is 88.0. The van der Waals surface area contributed by atoms with Crippen LogP contribution in [0.1, 0.15) is 30.6 Å². The van der Waals surface area contributed by atoms with Crippen LogP contribution in [0.25, 0.3) is 0 Å². The maximum atomic E-state index is 13.5. The van der Waals surface area contributed by atoms with E-state index >= 15 is 0 Å². The first-order valence-corrected chi connectivity index (χ1v) is 6.01. The molecule has 1 aromatic rings. The van der Waals surface area contributed by atoms with Crippen LogP contribution in [0.5, 0.6) is 0 Å². The molecule has 120 valence electrons. The summed E-state index contributed by atoms with van der Waals surface area (Å²) in [7, 11) is 0. The molecule has 0 saturated carbocycles. The van der Waals surface area contributed by atoms with Crippen LogP contribution in [0.15, 0.2) is 24.3 Å². The number of aryl methyl sites for hydroxylation is 1. The van der Waals surface area contributed by atoms with Crippen LogP contribution in [0.2, 0.25) is 0 Å². The molecule has 1 atom stereocenters. The Bertz CT molecular complexity index is 464. The van der Waals surface area contributed by atoms with Gasteiger partial charge in [-0.15, -0.1) is 0 Å². The molecule has 0 spiro atoms. The summed E-state index contributed by atoms with van der Waals surface area (Å²) in [6, 6.07) is 5.36. The zero-order valence-electron chi connectivity index (χ0n) is 10.9. The van der Waals surface area contributed by atoms with Crippen molar-refractivity contribution in [2.24, 2.45) is 0 Å². The van der Waals surface area contributed by atoms with Gasteiger partial charge < -0.3 is 5.11 Å². The lowest BCUT2D eigenvalue weighted by molar-refractivity contribution is -0.347. The van der Waals surface area contributed by atoms with Crippen molar-refractivity contribution in [3.63, 3.8) is 0 Å². The van der Waals surface area contributed by atoms with E-state index in [0.717, 1.165) is 6.07 Å². The molecule has 0 amide bonds. The molecule has 0 saturated heterocycles. The summed E-state index contributed by atoms with van der Waals surface area (Å²) in [6.45, 7) is 1.72. The molecule has 8 heteroatoms. The topological polar surface area (TPSA) is 20.2 Å². The fraction of sp³-hybridized carbons (Fsp3) is 0.538. The van der Waals surface area contributed by atoms with Gasteiger partial charge in [0.15, 0.2) is 0 Å².